The predicted molar refractivity (Wildman–Crippen MR) is 111 cm³/mol. The van der Waals surface area contributed by atoms with Crippen molar-refractivity contribution in [3.63, 3.8) is 0 Å². The lowest BCUT2D eigenvalue weighted by molar-refractivity contribution is 0.534. The Hall–Kier alpha value is -1.09. The molecule has 0 aromatic heterocycles. The summed E-state index contributed by atoms with van der Waals surface area (Å²) < 4.78 is 1.27. The van der Waals surface area contributed by atoms with Gasteiger partial charge in [0.05, 0.1) is 0 Å². The van der Waals surface area contributed by atoms with Gasteiger partial charge in [-0.2, -0.15) is 0 Å². The van der Waals surface area contributed by atoms with Gasteiger partial charge in [0.15, 0.2) is 0 Å². The molecule has 0 nitrogen and oxygen atoms in total. The van der Waals surface area contributed by atoms with Crippen LogP contribution in [-0.2, 0) is 0 Å². The summed E-state index contributed by atoms with van der Waals surface area (Å²) in [6.07, 6.45) is 0. The van der Waals surface area contributed by atoms with Crippen LogP contribution in [0.2, 0.25) is 0 Å². The van der Waals surface area contributed by atoms with Crippen molar-refractivity contribution in [2.75, 3.05) is 0 Å². The van der Waals surface area contributed by atoms with E-state index < -0.39 is 0 Å². The molecule has 0 radical (unpaired) electrons. The molecule has 0 spiro atoms. The van der Waals surface area contributed by atoms with E-state index in [1.54, 1.807) is 0 Å². The molecule has 0 fully saturated rings. The Balaban J connectivity index is 2.83. The van der Waals surface area contributed by atoms with Crippen molar-refractivity contribution in [3.8, 4) is 0 Å². The van der Waals surface area contributed by atoms with Crippen molar-refractivity contribution < 1.29 is 0 Å². The molecule has 0 aliphatic carbocycles. The van der Waals surface area contributed by atoms with Crippen LogP contribution in [0.3, 0.4) is 0 Å². The highest BCUT2D eigenvalue weighted by atomic mass is 127. The zero-order valence-electron chi connectivity index (χ0n) is 15.1. The molecule has 2 aromatic carbocycles. The van der Waals surface area contributed by atoms with Crippen LogP contribution < -0.4 is 0 Å². The highest BCUT2D eigenvalue weighted by Gasteiger charge is 2.29. The number of allylic oxidation sites excluding steroid dienone is 2. The highest BCUT2D eigenvalue weighted by Crippen LogP contribution is 2.47. The van der Waals surface area contributed by atoms with Gasteiger partial charge in [-0.1, -0.05) is 84.0 Å². The normalized spacial score (nSPS) is 13.7. The average Bonchev–Trinajstić information content (AvgIpc) is 2.44. The lowest BCUT2D eigenvalue weighted by atomic mass is 9.70. The SMILES string of the molecule is CC(C)(C)/C(=C(\c1ccc(I)cc1)C(C)(C)C)c1ccccc1. The summed E-state index contributed by atoms with van der Waals surface area (Å²) in [6.45, 7) is 13.9. The van der Waals surface area contributed by atoms with Gasteiger partial charge < -0.3 is 0 Å². The highest BCUT2D eigenvalue weighted by molar-refractivity contribution is 14.1. The van der Waals surface area contributed by atoms with Crippen molar-refractivity contribution >= 4 is 33.7 Å². The molecular formula is C22H27I. The fourth-order valence-corrected chi connectivity index (χ4v) is 3.49. The van der Waals surface area contributed by atoms with Gasteiger partial charge in [0, 0.05) is 3.57 Å². The standard InChI is InChI=1S/C22H27I/c1-21(2,3)19(16-10-8-7-9-11-16)20(22(4,5)6)17-12-14-18(23)15-13-17/h7-15H,1-6H3/b20-19+. The second-order valence-electron chi connectivity index (χ2n) is 8.12. The Bertz CT molecular complexity index is 677. The van der Waals surface area contributed by atoms with Crippen LogP contribution in [0.1, 0.15) is 52.7 Å². The number of hydrogen-bond acceptors (Lipinski definition) is 0. The van der Waals surface area contributed by atoms with Gasteiger partial charge in [-0.25, -0.2) is 0 Å². The molecule has 23 heavy (non-hydrogen) atoms. The molecule has 0 aliphatic rings. The van der Waals surface area contributed by atoms with Crippen molar-refractivity contribution in [3.05, 3.63) is 69.3 Å². The summed E-state index contributed by atoms with van der Waals surface area (Å²) in [5.41, 5.74) is 5.67. The molecule has 0 bridgehead atoms. The largest absolute Gasteiger partial charge is 0.0622 e. The first kappa shape index (κ1) is 18.3. The molecule has 0 N–H and O–H groups in total. The van der Waals surface area contributed by atoms with Gasteiger partial charge in [0.1, 0.15) is 0 Å². The Morgan fingerprint density at radius 2 is 1.00 bits per heavy atom. The summed E-state index contributed by atoms with van der Waals surface area (Å²) in [7, 11) is 0. The fraction of sp³-hybridized carbons (Fsp3) is 0.364. The first-order valence-corrected chi connectivity index (χ1v) is 9.25. The van der Waals surface area contributed by atoms with Crippen molar-refractivity contribution in [2.24, 2.45) is 10.8 Å². The minimum absolute atomic E-state index is 0.0746. The smallest absolute Gasteiger partial charge is 0.0130 e. The monoisotopic (exact) mass is 418 g/mol. The Morgan fingerprint density at radius 1 is 0.609 bits per heavy atom. The zero-order chi connectivity index (χ0) is 17.3. The van der Waals surface area contributed by atoms with E-state index in [4.69, 9.17) is 0 Å². The van der Waals surface area contributed by atoms with Gasteiger partial charge in [-0.3, -0.25) is 0 Å². The van der Waals surface area contributed by atoms with E-state index in [9.17, 15) is 0 Å². The van der Waals surface area contributed by atoms with E-state index in [0.717, 1.165) is 0 Å². The van der Waals surface area contributed by atoms with E-state index >= 15 is 0 Å². The van der Waals surface area contributed by atoms with Crippen LogP contribution >= 0.6 is 22.6 Å². The fourth-order valence-electron chi connectivity index (χ4n) is 3.13. The number of rotatable bonds is 2. The van der Waals surface area contributed by atoms with Crippen LogP contribution in [0.4, 0.5) is 0 Å². The molecular weight excluding hydrogens is 391 g/mol. The molecule has 0 atom stereocenters. The van der Waals surface area contributed by atoms with Crippen molar-refractivity contribution in [2.45, 2.75) is 41.5 Å². The molecule has 122 valence electrons. The lowest BCUT2D eigenvalue weighted by Gasteiger charge is -2.34. The number of halogens is 1. The van der Waals surface area contributed by atoms with E-state index in [2.05, 4.69) is 119 Å². The molecule has 1 heteroatoms. The Kier molecular flexibility index (Phi) is 5.40. The second-order valence-corrected chi connectivity index (χ2v) is 9.37. The quantitative estimate of drug-likeness (QED) is 0.355. The molecule has 0 aliphatic heterocycles. The van der Waals surface area contributed by atoms with E-state index in [0.29, 0.717) is 0 Å². The van der Waals surface area contributed by atoms with Crippen LogP contribution in [0, 0.1) is 14.4 Å². The predicted octanol–water partition coefficient (Wildman–Crippen LogP) is 7.29. The molecule has 2 aromatic rings. The van der Waals surface area contributed by atoms with Gasteiger partial charge >= 0.3 is 0 Å². The summed E-state index contributed by atoms with van der Waals surface area (Å²) in [5.74, 6) is 0. The van der Waals surface area contributed by atoms with Crippen LogP contribution in [0.25, 0.3) is 11.1 Å². The van der Waals surface area contributed by atoms with Gasteiger partial charge in [-0.15, -0.1) is 0 Å². The first-order chi connectivity index (χ1) is 10.6. The third kappa shape index (κ3) is 4.47. The van der Waals surface area contributed by atoms with Gasteiger partial charge in [-0.05, 0) is 67.8 Å². The third-order valence-corrected chi connectivity index (χ3v) is 4.66. The molecule has 0 amide bonds. The van der Waals surface area contributed by atoms with Gasteiger partial charge in [0.25, 0.3) is 0 Å². The topological polar surface area (TPSA) is 0 Å². The van der Waals surface area contributed by atoms with Crippen LogP contribution in [-0.4, -0.2) is 0 Å². The maximum atomic E-state index is 2.37. The van der Waals surface area contributed by atoms with Crippen molar-refractivity contribution in [1.29, 1.82) is 0 Å². The average molecular weight is 418 g/mol. The van der Waals surface area contributed by atoms with Gasteiger partial charge in [0.2, 0.25) is 0 Å². The molecule has 0 saturated carbocycles. The summed E-state index contributed by atoms with van der Waals surface area (Å²) in [5, 5.41) is 0. The lowest BCUT2D eigenvalue weighted by Crippen LogP contribution is -2.18. The first-order valence-electron chi connectivity index (χ1n) is 8.17. The zero-order valence-corrected chi connectivity index (χ0v) is 17.2. The molecule has 2 rings (SSSR count). The van der Waals surface area contributed by atoms with E-state index in [-0.39, 0.29) is 10.8 Å². The third-order valence-electron chi connectivity index (χ3n) is 3.95. The minimum atomic E-state index is 0.0746. The maximum Gasteiger partial charge on any atom is 0.0130 e. The molecule has 0 heterocycles. The number of hydrogen-bond donors (Lipinski definition) is 0. The summed E-state index contributed by atoms with van der Waals surface area (Å²) in [4.78, 5) is 0. The van der Waals surface area contributed by atoms with Crippen LogP contribution in [0.5, 0.6) is 0 Å². The van der Waals surface area contributed by atoms with Crippen molar-refractivity contribution in [1.82, 2.24) is 0 Å². The summed E-state index contributed by atoms with van der Waals surface area (Å²) in [6, 6.07) is 19.8. The Labute approximate surface area is 155 Å². The second kappa shape index (κ2) is 6.80. The molecule has 0 saturated heterocycles. The number of benzene rings is 2. The molecule has 0 unspecified atom stereocenters. The van der Waals surface area contributed by atoms with E-state index in [1.165, 1.54) is 25.8 Å². The van der Waals surface area contributed by atoms with E-state index in [1.807, 2.05) is 0 Å². The van der Waals surface area contributed by atoms with Crippen LogP contribution in [0.15, 0.2) is 54.6 Å². The minimum Gasteiger partial charge on any atom is -0.0622 e. The Morgan fingerprint density at radius 3 is 1.39 bits per heavy atom. The maximum absolute atomic E-state index is 2.37. The summed E-state index contributed by atoms with van der Waals surface area (Å²) >= 11 is 2.37.